The molecule has 3 aromatic heterocycles. The van der Waals surface area contributed by atoms with E-state index >= 15 is 0 Å². The number of aromatic nitrogens is 4. The summed E-state index contributed by atoms with van der Waals surface area (Å²) in [6.45, 7) is 0.246. The summed E-state index contributed by atoms with van der Waals surface area (Å²) in [6, 6.07) is 4.22. The van der Waals surface area contributed by atoms with Gasteiger partial charge in [0.15, 0.2) is 0 Å². The van der Waals surface area contributed by atoms with Crippen LogP contribution in [0.1, 0.15) is 54.6 Å². The van der Waals surface area contributed by atoms with Crippen LogP contribution in [0.2, 0.25) is 0 Å². The first-order valence-electron chi connectivity index (χ1n) is 13.2. The van der Waals surface area contributed by atoms with Crippen molar-refractivity contribution in [1.29, 1.82) is 0 Å². The molecule has 2 aliphatic rings. The van der Waals surface area contributed by atoms with Gasteiger partial charge < -0.3 is 15.5 Å². The Kier molecular flexibility index (Phi) is 7.74. The van der Waals surface area contributed by atoms with E-state index in [1.165, 1.54) is 18.3 Å². The molecule has 1 fully saturated rings. The topological polar surface area (TPSA) is 78.9 Å². The van der Waals surface area contributed by atoms with E-state index in [0.29, 0.717) is 41.6 Å². The van der Waals surface area contributed by atoms with Crippen molar-refractivity contribution in [3.63, 3.8) is 0 Å². The third-order valence-electron chi connectivity index (χ3n) is 7.60. The number of hydrogen-bond acceptors (Lipinski definition) is 7. The standard InChI is InChI=1S/C27H29F6N7/c1-34-25-38-20-14-21(16-6-3-2-4-7-16)40(24-19(26(28,29)30)8-5-12-35-24)13-11-18(20)23(39-25)37-17-9-10-22(36-15-17)27(31,32)33/h5,8-10,12,15-16,21H,2-4,6-7,11,13-14H2,1H3,(H2,34,37,38,39). The average Bonchev–Trinajstić information content (AvgIpc) is 3.13. The fourth-order valence-electron chi connectivity index (χ4n) is 5.71. The van der Waals surface area contributed by atoms with Gasteiger partial charge >= 0.3 is 12.4 Å². The molecular formula is C27H29F6N7. The molecule has 1 aliphatic carbocycles. The lowest BCUT2D eigenvalue weighted by Crippen LogP contribution is -2.44. The van der Waals surface area contributed by atoms with Crippen LogP contribution < -0.4 is 15.5 Å². The molecule has 0 aromatic carbocycles. The highest BCUT2D eigenvalue weighted by atomic mass is 19.4. The quantitative estimate of drug-likeness (QED) is 0.336. The summed E-state index contributed by atoms with van der Waals surface area (Å²) >= 11 is 0. The van der Waals surface area contributed by atoms with Gasteiger partial charge in [-0.05, 0) is 49.4 Å². The molecule has 13 heteroatoms. The number of anilines is 4. The summed E-state index contributed by atoms with van der Waals surface area (Å²) in [5.74, 6) is 0.732. The fourth-order valence-corrected chi connectivity index (χ4v) is 5.71. The fraction of sp³-hybridized carbons (Fsp3) is 0.481. The third kappa shape index (κ3) is 5.92. The second kappa shape index (κ2) is 11.1. The van der Waals surface area contributed by atoms with Gasteiger partial charge in [0.2, 0.25) is 5.95 Å². The maximum Gasteiger partial charge on any atom is 0.433 e. The van der Waals surface area contributed by atoms with Gasteiger partial charge in [0.25, 0.3) is 0 Å². The van der Waals surface area contributed by atoms with Crippen molar-refractivity contribution in [2.75, 3.05) is 29.1 Å². The predicted octanol–water partition coefficient (Wildman–Crippen LogP) is 6.64. The Morgan fingerprint density at radius 3 is 2.35 bits per heavy atom. The summed E-state index contributed by atoms with van der Waals surface area (Å²) in [6.07, 6.45) is -1.07. The molecule has 7 nitrogen and oxygen atoms in total. The van der Waals surface area contributed by atoms with Crippen LogP contribution >= 0.6 is 0 Å². The lowest BCUT2D eigenvalue weighted by atomic mass is 9.81. The molecule has 1 aliphatic heterocycles. The highest BCUT2D eigenvalue weighted by Gasteiger charge is 2.40. The summed E-state index contributed by atoms with van der Waals surface area (Å²) in [5.41, 5.74) is -0.115. The molecule has 1 atom stereocenters. The van der Waals surface area contributed by atoms with E-state index in [1.807, 2.05) is 0 Å². The maximum absolute atomic E-state index is 14.1. The number of rotatable bonds is 5. The van der Waals surface area contributed by atoms with Crippen molar-refractivity contribution in [3.8, 4) is 0 Å². The number of alkyl halides is 6. The highest BCUT2D eigenvalue weighted by molar-refractivity contribution is 5.62. The van der Waals surface area contributed by atoms with Gasteiger partial charge in [0.05, 0.1) is 23.1 Å². The number of halogens is 6. The Morgan fingerprint density at radius 2 is 1.70 bits per heavy atom. The third-order valence-corrected chi connectivity index (χ3v) is 7.60. The smallest absolute Gasteiger partial charge is 0.357 e. The Bertz CT molecular complexity index is 1320. The van der Waals surface area contributed by atoms with Crippen molar-refractivity contribution in [2.24, 2.45) is 5.92 Å². The van der Waals surface area contributed by atoms with Crippen molar-refractivity contribution in [1.82, 2.24) is 19.9 Å². The molecule has 1 unspecified atom stereocenters. The van der Waals surface area contributed by atoms with E-state index in [-0.39, 0.29) is 24.3 Å². The molecule has 0 bridgehead atoms. The Balaban J connectivity index is 1.55. The van der Waals surface area contributed by atoms with Crippen LogP contribution in [0, 0.1) is 5.92 Å². The number of pyridine rings is 2. The van der Waals surface area contributed by atoms with Crippen molar-refractivity contribution in [2.45, 2.75) is 63.3 Å². The largest absolute Gasteiger partial charge is 0.433 e. The SMILES string of the molecule is CNc1nc2c(c(Nc3ccc(C(F)(F)F)nc3)n1)CCN(c1ncccc1C(F)(F)F)C(C1CCCCC1)C2. The summed E-state index contributed by atoms with van der Waals surface area (Å²) < 4.78 is 81.2. The van der Waals surface area contributed by atoms with E-state index in [1.54, 1.807) is 11.9 Å². The van der Waals surface area contributed by atoms with E-state index in [0.717, 1.165) is 50.4 Å². The first kappa shape index (κ1) is 27.9. The van der Waals surface area contributed by atoms with E-state index in [9.17, 15) is 26.3 Å². The molecular weight excluding hydrogens is 536 g/mol. The van der Waals surface area contributed by atoms with Crippen LogP contribution in [0.25, 0.3) is 0 Å². The number of nitrogens with zero attached hydrogens (tertiary/aromatic N) is 5. The van der Waals surface area contributed by atoms with Gasteiger partial charge in [-0.2, -0.15) is 31.3 Å². The molecule has 0 saturated heterocycles. The molecule has 3 aromatic rings. The zero-order chi connectivity index (χ0) is 28.5. The number of nitrogens with one attached hydrogen (secondary N) is 2. The summed E-state index contributed by atoms with van der Waals surface area (Å²) in [5, 5.41) is 5.98. The molecule has 0 radical (unpaired) electrons. The minimum Gasteiger partial charge on any atom is -0.357 e. The molecule has 40 heavy (non-hydrogen) atoms. The Labute approximate surface area is 227 Å². The molecule has 214 valence electrons. The minimum atomic E-state index is -4.57. The zero-order valence-electron chi connectivity index (χ0n) is 21.8. The zero-order valence-corrected chi connectivity index (χ0v) is 21.8. The van der Waals surface area contributed by atoms with Gasteiger partial charge in [-0.25, -0.2) is 15.0 Å². The first-order valence-corrected chi connectivity index (χ1v) is 13.2. The molecule has 0 spiro atoms. The first-order chi connectivity index (χ1) is 19.0. The van der Waals surface area contributed by atoms with Gasteiger partial charge in [0, 0.05) is 37.8 Å². The Hall–Kier alpha value is -3.64. The van der Waals surface area contributed by atoms with Crippen LogP contribution in [0.4, 0.5) is 49.6 Å². The van der Waals surface area contributed by atoms with Gasteiger partial charge in [-0.1, -0.05) is 19.3 Å². The van der Waals surface area contributed by atoms with Crippen LogP contribution in [0.15, 0.2) is 36.7 Å². The second-order valence-corrected chi connectivity index (χ2v) is 10.1. The summed E-state index contributed by atoms with van der Waals surface area (Å²) in [7, 11) is 1.65. The van der Waals surface area contributed by atoms with Crippen LogP contribution in [-0.2, 0) is 25.2 Å². The molecule has 5 rings (SSSR count). The van der Waals surface area contributed by atoms with Crippen LogP contribution in [0.5, 0.6) is 0 Å². The monoisotopic (exact) mass is 565 g/mol. The van der Waals surface area contributed by atoms with E-state index in [4.69, 9.17) is 0 Å². The van der Waals surface area contributed by atoms with Crippen molar-refractivity contribution in [3.05, 3.63) is 59.2 Å². The van der Waals surface area contributed by atoms with E-state index < -0.39 is 23.6 Å². The summed E-state index contributed by atoms with van der Waals surface area (Å²) in [4.78, 5) is 18.7. The number of fused-ring (bicyclic) bond motifs is 1. The predicted molar refractivity (Wildman–Crippen MR) is 138 cm³/mol. The molecule has 1 saturated carbocycles. The van der Waals surface area contributed by atoms with Crippen molar-refractivity contribution >= 4 is 23.3 Å². The minimum absolute atomic E-state index is 0.0957. The van der Waals surface area contributed by atoms with Crippen LogP contribution in [0.3, 0.4) is 0 Å². The highest BCUT2D eigenvalue weighted by Crippen LogP contribution is 2.41. The van der Waals surface area contributed by atoms with Gasteiger partial charge in [-0.15, -0.1) is 0 Å². The average molecular weight is 566 g/mol. The van der Waals surface area contributed by atoms with Gasteiger partial charge in [0.1, 0.15) is 17.3 Å². The Morgan fingerprint density at radius 1 is 0.925 bits per heavy atom. The lowest BCUT2D eigenvalue weighted by Gasteiger charge is -2.39. The van der Waals surface area contributed by atoms with E-state index in [2.05, 4.69) is 30.6 Å². The second-order valence-electron chi connectivity index (χ2n) is 10.1. The number of hydrogen-bond donors (Lipinski definition) is 2. The molecule has 4 heterocycles. The lowest BCUT2D eigenvalue weighted by molar-refractivity contribution is -0.141. The van der Waals surface area contributed by atoms with Crippen molar-refractivity contribution < 1.29 is 26.3 Å². The van der Waals surface area contributed by atoms with Gasteiger partial charge in [-0.3, -0.25) is 0 Å². The molecule has 2 N–H and O–H groups in total. The normalized spacial score (nSPS) is 18.7. The van der Waals surface area contributed by atoms with Crippen LogP contribution in [-0.4, -0.2) is 39.6 Å². The molecule has 0 amide bonds. The maximum atomic E-state index is 14.1.